The number of piperidine rings is 1. The first-order valence-corrected chi connectivity index (χ1v) is 10.9. The predicted molar refractivity (Wildman–Crippen MR) is 117 cm³/mol. The zero-order valence-corrected chi connectivity index (χ0v) is 18.4. The molecule has 30 heavy (non-hydrogen) atoms. The lowest BCUT2D eigenvalue weighted by molar-refractivity contribution is 0.186. The van der Waals surface area contributed by atoms with E-state index in [1.54, 1.807) is 17.0 Å². The molecule has 9 heteroatoms. The molecule has 1 saturated heterocycles. The van der Waals surface area contributed by atoms with Gasteiger partial charge in [-0.15, -0.1) is 0 Å². The second-order valence-corrected chi connectivity index (χ2v) is 8.24. The predicted octanol–water partition coefficient (Wildman–Crippen LogP) is 3.99. The summed E-state index contributed by atoms with van der Waals surface area (Å²) in [5.41, 5.74) is 0.496. The van der Waals surface area contributed by atoms with Crippen molar-refractivity contribution in [1.29, 1.82) is 0 Å². The lowest BCUT2D eigenvalue weighted by Crippen LogP contribution is -2.51. The third-order valence-corrected chi connectivity index (χ3v) is 6.07. The van der Waals surface area contributed by atoms with Crippen LogP contribution in [0.1, 0.15) is 44.9 Å². The van der Waals surface area contributed by atoms with Crippen molar-refractivity contribution in [2.24, 2.45) is 0 Å². The van der Waals surface area contributed by atoms with Crippen LogP contribution in [0.25, 0.3) is 0 Å². The van der Waals surface area contributed by atoms with E-state index in [0.717, 1.165) is 12.8 Å². The number of nitrogens with one attached hydrogen (secondary N) is 3. The highest BCUT2D eigenvalue weighted by atomic mass is 35.5. The van der Waals surface area contributed by atoms with E-state index < -0.39 is 0 Å². The monoisotopic (exact) mass is 438 g/mol. The first-order chi connectivity index (χ1) is 14.5. The summed E-state index contributed by atoms with van der Waals surface area (Å²) in [6.07, 6.45) is 7.18. The van der Waals surface area contributed by atoms with Crippen molar-refractivity contribution in [3.63, 3.8) is 0 Å². The lowest BCUT2D eigenvalue weighted by atomic mass is 9.96. The van der Waals surface area contributed by atoms with E-state index in [9.17, 15) is 9.59 Å². The largest absolute Gasteiger partial charge is 0.495 e. The molecular weight excluding hydrogens is 408 g/mol. The molecular formula is C21H31ClN4O4. The zero-order chi connectivity index (χ0) is 21.5. The Morgan fingerprint density at radius 1 is 0.933 bits per heavy atom. The van der Waals surface area contributed by atoms with Crippen molar-refractivity contribution in [2.75, 3.05) is 32.6 Å². The minimum atomic E-state index is -0.220. The Balaban J connectivity index is 1.48. The summed E-state index contributed by atoms with van der Waals surface area (Å²) < 4.78 is 10.5. The third kappa shape index (κ3) is 5.84. The molecule has 8 nitrogen and oxygen atoms in total. The SMILES string of the molecule is COc1cc(NC(=O)N2CCC(NC(=O)NC3CCCCC3)CC2)c(OC)cc1Cl. The number of anilines is 1. The summed E-state index contributed by atoms with van der Waals surface area (Å²) in [5.74, 6) is 0.921. The molecule has 0 unspecified atom stereocenters. The Hall–Kier alpha value is -2.35. The maximum atomic E-state index is 12.7. The molecule has 0 atom stereocenters. The van der Waals surface area contributed by atoms with Gasteiger partial charge in [-0.3, -0.25) is 0 Å². The second kappa shape index (κ2) is 10.6. The second-order valence-electron chi connectivity index (χ2n) is 7.83. The standard InChI is InChI=1S/C21H31ClN4O4/c1-29-18-13-17(19(30-2)12-16(18)22)25-21(28)26-10-8-15(9-11-26)24-20(27)23-14-6-4-3-5-7-14/h12-15H,3-11H2,1-2H3,(H,25,28)(H2,23,24,27). The van der Waals surface area contributed by atoms with E-state index in [1.807, 2.05) is 0 Å². The molecule has 2 aliphatic rings. The number of likely N-dealkylation sites (tertiary alicyclic amines) is 1. The van der Waals surface area contributed by atoms with Crippen molar-refractivity contribution in [3.8, 4) is 11.5 Å². The maximum Gasteiger partial charge on any atom is 0.321 e. The molecule has 0 spiro atoms. The van der Waals surface area contributed by atoms with E-state index in [4.69, 9.17) is 21.1 Å². The van der Waals surface area contributed by atoms with Gasteiger partial charge >= 0.3 is 12.1 Å². The molecule has 1 heterocycles. The highest BCUT2D eigenvalue weighted by molar-refractivity contribution is 6.32. The van der Waals surface area contributed by atoms with E-state index in [0.29, 0.717) is 48.1 Å². The van der Waals surface area contributed by atoms with Gasteiger partial charge in [0.05, 0.1) is 24.9 Å². The molecule has 1 aromatic carbocycles. The number of rotatable bonds is 5. The Bertz CT molecular complexity index is 747. The minimum Gasteiger partial charge on any atom is -0.495 e. The molecule has 1 saturated carbocycles. The number of carbonyl (C=O) groups excluding carboxylic acids is 2. The fourth-order valence-electron chi connectivity index (χ4n) is 4.04. The number of urea groups is 2. The summed E-state index contributed by atoms with van der Waals surface area (Å²) in [6.45, 7) is 1.13. The number of hydrogen-bond donors (Lipinski definition) is 3. The number of ether oxygens (including phenoxy) is 2. The van der Waals surface area contributed by atoms with Crippen molar-refractivity contribution in [1.82, 2.24) is 15.5 Å². The highest BCUT2D eigenvalue weighted by Gasteiger charge is 2.25. The molecule has 2 fully saturated rings. The topological polar surface area (TPSA) is 91.9 Å². The van der Waals surface area contributed by atoms with Crippen LogP contribution in [0.4, 0.5) is 15.3 Å². The van der Waals surface area contributed by atoms with Crippen molar-refractivity contribution in [2.45, 2.75) is 57.0 Å². The van der Waals surface area contributed by atoms with Gasteiger partial charge < -0.3 is 30.3 Å². The number of nitrogens with zero attached hydrogens (tertiary/aromatic N) is 1. The van der Waals surface area contributed by atoms with Gasteiger partial charge in [-0.2, -0.15) is 0 Å². The van der Waals surface area contributed by atoms with Crippen molar-refractivity contribution < 1.29 is 19.1 Å². The molecule has 0 radical (unpaired) electrons. The molecule has 0 aromatic heterocycles. The number of methoxy groups -OCH3 is 2. The molecule has 166 valence electrons. The summed E-state index contributed by atoms with van der Waals surface area (Å²) in [6, 6.07) is 3.30. The van der Waals surface area contributed by atoms with Crippen LogP contribution in [0.3, 0.4) is 0 Å². The smallest absolute Gasteiger partial charge is 0.321 e. The summed E-state index contributed by atoms with van der Waals surface area (Å²) in [4.78, 5) is 26.7. The van der Waals surface area contributed by atoms with Crippen LogP contribution in [0, 0.1) is 0 Å². The zero-order valence-electron chi connectivity index (χ0n) is 17.6. The Kier molecular flexibility index (Phi) is 7.90. The highest BCUT2D eigenvalue weighted by Crippen LogP contribution is 2.36. The normalized spacial score (nSPS) is 17.9. The van der Waals surface area contributed by atoms with Crippen LogP contribution in [-0.2, 0) is 0 Å². The quantitative estimate of drug-likeness (QED) is 0.648. The fourth-order valence-corrected chi connectivity index (χ4v) is 4.27. The van der Waals surface area contributed by atoms with E-state index in [2.05, 4.69) is 16.0 Å². The van der Waals surface area contributed by atoms with Gasteiger partial charge in [-0.1, -0.05) is 30.9 Å². The average Bonchev–Trinajstić information content (AvgIpc) is 2.75. The molecule has 0 bridgehead atoms. The summed E-state index contributed by atoms with van der Waals surface area (Å²) in [5, 5.41) is 9.41. The van der Waals surface area contributed by atoms with E-state index in [1.165, 1.54) is 33.5 Å². The maximum absolute atomic E-state index is 12.7. The van der Waals surface area contributed by atoms with Crippen LogP contribution >= 0.6 is 11.6 Å². The summed E-state index contributed by atoms with van der Waals surface area (Å²) in [7, 11) is 3.03. The van der Waals surface area contributed by atoms with Crippen LogP contribution in [0.2, 0.25) is 5.02 Å². The number of benzene rings is 1. The third-order valence-electron chi connectivity index (χ3n) is 5.77. The van der Waals surface area contributed by atoms with Crippen molar-refractivity contribution in [3.05, 3.63) is 17.2 Å². The minimum absolute atomic E-state index is 0.0720. The van der Waals surface area contributed by atoms with Gasteiger partial charge in [0.15, 0.2) is 0 Å². The van der Waals surface area contributed by atoms with Crippen LogP contribution < -0.4 is 25.4 Å². The molecule has 1 aromatic rings. The Labute approximate surface area is 182 Å². The first-order valence-electron chi connectivity index (χ1n) is 10.5. The molecule has 3 rings (SSSR count). The van der Waals surface area contributed by atoms with Gasteiger partial charge in [0.25, 0.3) is 0 Å². The molecule has 3 N–H and O–H groups in total. The van der Waals surface area contributed by atoms with Gasteiger partial charge in [-0.05, 0) is 25.7 Å². The van der Waals surface area contributed by atoms with Crippen LogP contribution in [0.5, 0.6) is 11.5 Å². The van der Waals surface area contributed by atoms with Gasteiger partial charge in [0.1, 0.15) is 11.5 Å². The number of halogens is 1. The summed E-state index contributed by atoms with van der Waals surface area (Å²) >= 11 is 6.12. The van der Waals surface area contributed by atoms with Crippen molar-refractivity contribution >= 4 is 29.4 Å². The number of hydrogen-bond acceptors (Lipinski definition) is 4. The Morgan fingerprint density at radius 3 is 2.13 bits per heavy atom. The fraction of sp³-hybridized carbons (Fsp3) is 0.619. The lowest BCUT2D eigenvalue weighted by Gasteiger charge is -2.33. The number of amides is 4. The first kappa shape index (κ1) is 22.3. The van der Waals surface area contributed by atoms with Crippen LogP contribution in [-0.4, -0.2) is 56.4 Å². The van der Waals surface area contributed by atoms with Gasteiger partial charge in [0.2, 0.25) is 0 Å². The average molecular weight is 439 g/mol. The molecule has 1 aliphatic carbocycles. The Morgan fingerprint density at radius 2 is 1.53 bits per heavy atom. The van der Waals surface area contributed by atoms with Gasteiger partial charge in [-0.25, -0.2) is 9.59 Å². The van der Waals surface area contributed by atoms with E-state index >= 15 is 0 Å². The molecule has 4 amide bonds. The van der Waals surface area contributed by atoms with Gasteiger partial charge in [0, 0.05) is 37.3 Å². The number of carbonyl (C=O) groups is 2. The van der Waals surface area contributed by atoms with E-state index in [-0.39, 0.29) is 24.1 Å². The van der Waals surface area contributed by atoms with Crippen LogP contribution in [0.15, 0.2) is 12.1 Å². The molecule has 1 aliphatic heterocycles.